The lowest BCUT2D eigenvalue weighted by Gasteiger charge is -2.08. The third kappa shape index (κ3) is 3.74. The number of carbonyl (C=O) groups is 2. The number of hydrogen-bond acceptors (Lipinski definition) is 7. The molecular formula is C21H19N5O5. The fraction of sp³-hybridized carbons (Fsp3) is 0.238. The van der Waals surface area contributed by atoms with E-state index in [1.54, 1.807) is 31.2 Å². The number of aliphatic hydroxyl groups is 1. The second-order valence-electron chi connectivity index (χ2n) is 6.84. The van der Waals surface area contributed by atoms with Gasteiger partial charge in [-0.25, -0.2) is 4.68 Å². The number of ether oxygens (including phenoxy) is 1. The quantitative estimate of drug-likeness (QED) is 0.526. The van der Waals surface area contributed by atoms with E-state index in [0.29, 0.717) is 40.6 Å². The van der Waals surface area contributed by atoms with Gasteiger partial charge < -0.3 is 25.4 Å². The molecule has 10 nitrogen and oxygen atoms in total. The average molecular weight is 421 g/mol. The van der Waals surface area contributed by atoms with Crippen molar-refractivity contribution in [2.75, 3.05) is 13.7 Å². The van der Waals surface area contributed by atoms with E-state index >= 15 is 0 Å². The molecule has 0 bridgehead atoms. The molecule has 3 heterocycles. The van der Waals surface area contributed by atoms with Crippen molar-refractivity contribution in [2.24, 2.45) is 5.73 Å². The number of aromatic nitrogens is 3. The van der Waals surface area contributed by atoms with Crippen LogP contribution < -0.4 is 15.8 Å². The van der Waals surface area contributed by atoms with Crippen LogP contribution in [0.2, 0.25) is 0 Å². The van der Waals surface area contributed by atoms with Crippen molar-refractivity contribution in [3.63, 3.8) is 0 Å². The highest BCUT2D eigenvalue weighted by molar-refractivity contribution is 6.06. The van der Waals surface area contributed by atoms with Gasteiger partial charge in [-0.05, 0) is 25.1 Å². The van der Waals surface area contributed by atoms with Gasteiger partial charge in [0.1, 0.15) is 22.9 Å². The van der Waals surface area contributed by atoms with Crippen LogP contribution in [0.25, 0.3) is 5.69 Å². The summed E-state index contributed by atoms with van der Waals surface area (Å²) >= 11 is 0. The normalized spacial score (nSPS) is 13.0. The number of fused-ring (bicyclic) bond motifs is 3. The number of rotatable bonds is 3. The lowest BCUT2D eigenvalue weighted by molar-refractivity contribution is 0.0941. The minimum absolute atomic E-state index is 0.115. The first kappa shape index (κ1) is 20.2. The van der Waals surface area contributed by atoms with Crippen LogP contribution in [0.3, 0.4) is 0 Å². The van der Waals surface area contributed by atoms with Gasteiger partial charge in [0.2, 0.25) is 0 Å². The van der Waals surface area contributed by atoms with Crippen LogP contribution in [0.4, 0.5) is 0 Å². The SMILES string of the molecule is CNC(=O)c1c(C(N)=O)nn2c1CCOc1ccc(C#CC(O)c3cc(C)on3)cc1-2. The number of amides is 2. The fourth-order valence-electron chi connectivity index (χ4n) is 3.30. The Labute approximate surface area is 177 Å². The van der Waals surface area contributed by atoms with Crippen LogP contribution in [0.1, 0.15) is 49.7 Å². The maximum absolute atomic E-state index is 12.4. The van der Waals surface area contributed by atoms with Gasteiger partial charge in [-0.1, -0.05) is 17.0 Å². The van der Waals surface area contributed by atoms with Crippen LogP contribution in [-0.2, 0) is 6.42 Å². The van der Waals surface area contributed by atoms with E-state index in [2.05, 4.69) is 27.4 Å². The second-order valence-corrected chi connectivity index (χ2v) is 6.84. The molecule has 2 amide bonds. The van der Waals surface area contributed by atoms with Gasteiger partial charge in [0.25, 0.3) is 11.8 Å². The first-order chi connectivity index (χ1) is 14.9. The van der Waals surface area contributed by atoms with E-state index < -0.39 is 17.9 Å². The third-order valence-electron chi connectivity index (χ3n) is 4.73. The summed E-state index contributed by atoms with van der Waals surface area (Å²) in [7, 11) is 1.47. The van der Waals surface area contributed by atoms with Gasteiger partial charge in [0.05, 0.1) is 17.9 Å². The smallest absolute Gasteiger partial charge is 0.270 e. The highest BCUT2D eigenvalue weighted by atomic mass is 16.5. The Morgan fingerprint density at radius 1 is 1.35 bits per heavy atom. The Morgan fingerprint density at radius 3 is 2.84 bits per heavy atom. The second kappa shape index (κ2) is 7.97. The van der Waals surface area contributed by atoms with Crippen molar-refractivity contribution >= 4 is 11.8 Å². The van der Waals surface area contributed by atoms with Crippen molar-refractivity contribution in [1.82, 2.24) is 20.3 Å². The lowest BCUT2D eigenvalue weighted by atomic mass is 10.1. The Bertz CT molecular complexity index is 1250. The van der Waals surface area contributed by atoms with E-state index in [1.165, 1.54) is 11.7 Å². The van der Waals surface area contributed by atoms with E-state index in [0.717, 1.165) is 0 Å². The van der Waals surface area contributed by atoms with E-state index in [9.17, 15) is 14.7 Å². The predicted octanol–water partition coefficient (Wildman–Crippen LogP) is 0.647. The topological polar surface area (TPSA) is 146 Å². The number of benzene rings is 1. The zero-order valence-corrected chi connectivity index (χ0v) is 16.8. The molecule has 0 aliphatic carbocycles. The number of aliphatic hydroxyl groups excluding tert-OH is 1. The molecule has 1 aliphatic heterocycles. The van der Waals surface area contributed by atoms with E-state index in [4.69, 9.17) is 15.0 Å². The monoisotopic (exact) mass is 421 g/mol. The molecule has 0 saturated carbocycles. The largest absolute Gasteiger partial charge is 0.491 e. The summed E-state index contributed by atoms with van der Waals surface area (Å²) in [6, 6.07) is 6.75. The molecule has 0 spiro atoms. The summed E-state index contributed by atoms with van der Waals surface area (Å²) in [4.78, 5) is 24.3. The summed E-state index contributed by atoms with van der Waals surface area (Å²) in [5, 5.41) is 20.7. The van der Waals surface area contributed by atoms with E-state index in [-0.39, 0.29) is 17.9 Å². The summed E-state index contributed by atoms with van der Waals surface area (Å²) in [5.41, 5.74) is 7.36. The molecule has 4 rings (SSSR count). The molecule has 31 heavy (non-hydrogen) atoms. The van der Waals surface area contributed by atoms with Crippen LogP contribution in [0.5, 0.6) is 5.75 Å². The maximum Gasteiger partial charge on any atom is 0.270 e. The van der Waals surface area contributed by atoms with Gasteiger partial charge in [0, 0.05) is 25.1 Å². The number of nitrogens with zero attached hydrogens (tertiary/aromatic N) is 3. The number of aryl methyl sites for hydroxylation is 1. The van der Waals surface area contributed by atoms with Gasteiger partial charge in [-0.2, -0.15) is 5.10 Å². The summed E-state index contributed by atoms with van der Waals surface area (Å²) < 4.78 is 12.2. The highest BCUT2D eigenvalue weighted by Gasteiger charge is 2.29. The van der Waals surface area contributed by atoms with Crippen LogP contribution >= 0.6 is 0 Å². The number of carbonyl (C=O) groups excluding carboxylic acids is 2. The Balaban J connectivity index is 1.78. The van der Waals surface area contributed by atoms with Gasteiger partial charge in [-0.15, -0.1) is 0 Å². The molecule has 10 heteroatoms. The maximum atomic E-state index is 12.4. The zero-order valence-electron chi connectivity index (χ0n) is 16.8. The minimum Gasteiger partial charge on any atom is -0.491 e. The summed E-state index contributed by atoms with van der Waals surface area (Å²) in [5.74, 6) is 5.42. The molecule has 4 N–H and O–H groups in total. The molecule has 158 valence electrons. The zero-order chi connectivity index (χ0) is 22.1. The van der Waals surface area contributed by atoms with Crippen LogP contribution in [0, 0.1) is 18.8 Å². The van der Waals surface area contributed by atoms with Crippen molar-refractivity contribution in [2.45, 2.75) is 19.4 Å². The summed E-state index contributed by atoms with van der Waals surface area (Å²) in [6.45, 7) is 2.01. The third-order valence-corrected chi connectivity index (χ3v) is 4.73. The molecule has 1 unspecified atom stereocenters. The molecule has 1 aliphatic rings. The number of nitrogens with two attached hydrogens (primary N) is 1. The molecule has 2 aromatic heterocycles. The molecule has 0 saturated heterocycles. The van der Waals surface area contributed by atoms with Crippen molar-refractivity contribution in [3.8, 4) is 23.3 Å². The number of hydrogen-bond donors (Lipinski definition) is 3. The molecule has 1 aromatic carbocycles. The highest BCUT2D eigenvalue weighted by Crippen LogP contribution is 2.30. The van der Waals surface area contributed by atoms with Gasteiger partial charge >= 0.3 is 0 Å². The standard InChI is InChI=1S/C21H19N5O5/c1-11-9-13(25-31-11)16(27)5-3-12-4-6-17-15(10-12)26-14(7-8-30-17)18(21(29)23-2)19(24-26)20(22)28/h4,6,9-10,16,27H,7-8H2,1-2H3,(H2,22,28)(H,23,29). The van der Waals surface area contributed by atoms with Crippen molar-refractivity contribution < 1.29 is 24.0 Å². The number of primary amides is 1. The number of nitrogens with one attached hydrogen (secondary N) is 1. The first-order valence-electron chi connectivity index (χ1n) is 9.43. The summed E-state index contributed by atoms with van der Waals surface area (Å²) in [6.07, 6.45) is -0.766. The lowest BCUT2D eigenvalue weighted by Crippen LogP contribution is -2.24. The Kier molecular flexibility index (Phi) is 5.19. The average Bonchev–Trinajstić information content (AvgIpc) is 3.31. The molecule has 3 aromatic rings. The molecule has 1 atom stereocenters. The molecular weight excluding hydrogens is 402 g/mol. The van der Waals surface area contributed by atoms with Crippen molar-refractivity contribution in [1.29, 1.82) is 0 Å². The Hall–Kier alpha value is -4.10. The van der Waals surface area contributed by atoms with Crippen molar-refractivity contribution in [3.05, 3.63) is 58.2 Å². The van der Waals surface area contributed by atoms with Gasteiger partial charge in [-0.3, -0.25) is 9.59 Å². The van der Waals surface area contributed by atoms with Crippen LogP contribution in [-0.4, -0.2) is 45.5 Å². The van der Waals surface area contributed by atoms with Gasteiger partial charge in [0.15, 0.2) is 11.8 Å². The molecule has 0 radical (unpaired) electrons. The first-order valence-corrected chi connectivity index (χ1v) is 9.43. The minimum atomic E-state index is -1.12. The molecule has 0 fully saturated rings. The fourth-order valence-corrected chi connectivity index (χ4v) is 3.30. The van der Waals surface area contributed by atoms with Crippen LogP contribution in [0.15, 0.2) is 28.8 Å². The Morgan fingerprint density at radius 2 is 2.16 bits per heavy atom. The van der Waals surface area contributed by atoms with E-state index in [1.807, 2.05) is 0 Å². The predicted molar refractivity (Wildman–Crippen MR) is 108 cm³/mol.